The van der Waals surface area contributed by atoms with Crippen LogP contribution in [0, 0.1) is 16.7 Å². The number of carbonyl (C=O) groups is 1. The largest absolute Gasteiger partial charge is 0.352 e. The van der Waals surface area contributed by atoms with Crippen LogP contribution in [-0.4, -0.2) is 25.0 Å². The van der Waals surface area contributed by atoms with Gasteiger partial charge in [0.2, 0.25) is 5.91 Å². The van der Waals surface area contributed by atoms with Gasteiger partial charge >= 0.3 is 0 Å². The van der Waals surface area contributed by atoms with Gasteiger partial charge in [0.15, 0.2) is 0 Å². The number of hydrogen-bond donors (Lipinski definition) is 2. The van der Waals surface area contributed by atoms with Crippen molar-refractivity contribution in [2.24, 2.45) is 5.41 Å². The minimum Gasteiger partial charge on any atom is -0.352 e. The molecule has 146 valence electrons. The first-order chi connectivity index (χ1) is 13.5. The third kappa shape index (κ3) is 4.38. The number of amides is 1. The maximum absolute atomic E-state index is 12.9. The Balaban J connectivity index is 1.85. The molecule has 0 aromatic heterocycles. The van der Waals surface area contributed by atoms with Gasteiger partial charge < -0.3 is 10.6 Å². The van der Waals surface area contributed by atoms with Gasteiger partial charge in [0.25, 0.3) is 0 Å². The summed E-state index contributed by atoms with van der Waals surface area (Å²) >= 11 is 6.03. The Hall–Kier alpha value is -2.35. The molecule has 1 heterocycles. The monoisotopic (exact) mass is 395 g/mol. The molecular weight excluding hydrogens is 370 g/mol. The van der Waals surface area contributed by atoms with Crippen molar-refractivity contribution in [1.82, 2.24) is 10.6 Å². The predicted octanol–water partition coefficient (Wildman–Crippen LogP) is 4.04. The second kappa shape index (κ2) is 8.77. The average molecular weight is 396 g/mol. The smallest absolute Gasteiger partial charge is 0.229 e. The predicted molar refractivity (Wildman–Crippen MR) is 112 cm³/mol. The summed E-state index contributed by atoms with van der Waals surface area (Å²) in [4.78, 5) is 12.9. The highest BCUT2D eigenvalue weighted by Crippen LogP contribution is 2.30. The average Bonchev–Trinajstić information content (AvgIpc) is 2.67. The molecule has 2 N–H and O–H groups in total. The van der Waals surface area contributed by atoms with E-state index < -0.39 is 0 Å². The van der Waals surface area contributed by atoms with Crippen molar-refractivity contribution in [3.8, 4) is 6.07 Å². The van der Waals surface area contributed by atoms with Crippen molar-refractivity contribution in [2.75, 3.05) is 13.1 Å². The van der Waals surface area contributed by atoms with Gasteiger partial charge in [-0.25, -0.2) is 0 Å². The molecule has 0 bridgehead atoms. The van der Waals surface area contributed by atoms with E-state index in [-0.39, 0.29) is 23.3 Å². The van der Waals surface area contributed by atoms with E-state index in [1.54, 1.807) is 6.07 Å². The summed E-state index contributed by atoms with van der Waals surface area (Å²) in [5.41, 5.74) is 2.53. The number of benzene rings is 2. The molecule has 1 fully saturated rings. The molecule has 2 atom stereocenters. The minimum atomic E-state index is -0.298. The van der Waals surface area contributed by atoms with E-state index in [4.69, 9.17) is 11.6 Å². The molecule has 1 aliphatic heterocycles. The maximum atomic E-state index is 12.9. The van der Waals surface area contributed by atoms with Crippen molar-refractivity contribution in [1.29, 1.82) is 5.26 Å². The van der Waals surface area contributed by atoms with E-state index in [1.165, 1.54) is 0 Å². The topological polar surface area (TPSA) is 64.9 Å². The van der Waals surface area contributed by atoms with Gasteiger partial charge in [-0.2, -0.15) is 5.26 Å². The third-order valence-electron chi connectivity index (χ3n) is 5.86. The zero-order valence-electron chi connectivity index (χ0n) is 16.3. The van der Waals surface area contributed by atoms with Crippen molar-refractivity contribution in [3.63, 3.8) is 0 Å². The fraction of sp³-hybridized carbons (Fsp3) is 0.391. The Kier molecular flexibility index (Phi) is 6.39. The quantitative estimate of drug-likeness (QED) is 0.743. The number of nitriles is 1. The van der Waals surface area contributed by atoms with Crippen LogP contribution < -0.4 is 10.6 Å². The third-order valence-corrected chi connectivity index (χ3v) is 6.11. The highest BCUT2D eigenvalue weighted by Gasteiger charge is 2.43. The van der Waals surface area contributed by atoms with Crippen LogP contribution >= 0.6 is 11.6 Å². The summed E-state index contributed by atoms with van der Waals surface area (Å²) in [6.07, 6.45) is 1.58. The van der Waals surface area contributed by atoms with Crippen LogP contribution in [0.25, 0.3) is 0 Å². The number of nitrogens with one attached hydrogen (secondary N) is 2. The zero-order valence-corrected chi connectivity index (χ0v) is 17.1. The first-order valence-corrected chi connectivity index (χ1v) is 10.1. The number of nitrogens with zero attached hydrogens (tertiary/aromatic N) is 1. The Bertz CT molecular complexity index is 863. The molecule has 0 radical (unpaired) electrons. The van der Waals surface area contributed by atoms with E-state index in [0.717, 1.165) is 37.1 Å². The number of hydrogen-bond acceptors (Lipinski definition) is 3. The Morgan fingerprint density at radius 3 is 2.57 bits per heavy atom. The second-order valence-electron chi connectivity index (χ2n) is 7.67. The van der Waals surface area contributed by atoms with Gasteiger partial charge in [-0.15, -0.1) is 0 Å². The zero-order chi connectivity index (χ0) is 20.1. The van der Waals surface area contributed by atoms with Crippen LogP contribution in [0.5, 0.6) is 0 Å². The summed E-state index contributed by atoms with van der Waals surface area (Å²) in [6, 6.07) is 17.6. The summed E-state index contributed by atoms with van der Waals surface area (Å²) in [6.45, 7) is 5.57. The Morgan fingerprint density at radius 1 is 1.29 bits per heavy atom. The summed E-state index contributed by atoms with van der Waals surface area (Å²) in [7, 11) is 0. The number of halogens is 1. The highest BCUT2D eigenvalue weighted by molar-refractivity contribution is 6.30. The Labute approximate surface area is 171 Å². The molecule has 0 saturated carbocycles. The first kappa shape index (κ1) is 20.4. The Morgan fingerprint density at radius 2 is 2.00 bits per heavy atom. The lowest BCUT2D eigenvalue weighted by molar-refractivity contribution is -0.135. The van der Waals surface area contributed by atoms with Crippen molar-refractivity contribution >= 4 is 17.5 Å². The van der Waals surface area contributed by atoms with E-state index in [1.807, 2.05) is 49.4 Å². The summed E-state index contributed by atoms with van der Waals surface area (Å²) in [5, 5.41) is 16.5. The van der Waals surface area contributed by atoms with Crippen LogP contribution in [0.1, 0.15) is 42.9 Å². The van der Waals surface area contributed by atoms with E-state index in [9.17, 15) is 10.1 Å². The molecule has 4 nitrogen and oxygen atoms in total. The number of rotatable bonds is 7. The molecule has 1 saturated heterocycles. The lowest BCUT2D eigenvalue weighted by atomic mass is 9.77. The van der Waals surface area contributed by atoms with E-state index >= 15 is 0 Å². The molecular formula is C23H26ClN3O. The van der Waals surface area contributed by atoms with Gasteiger partial charge in [0.05, 0.1) is 17.0 Å². The molecule has 1 aliphatic rings. The molecule has 5 heteroatoms. The molecule has 3 rings (SSSR count). The van der Waals surface area contributed by atoms with Crippen molar-refractivity contribution < 1.29 is 4.79 Å². The van der Waals surface area contributed by atoms with Gasteiger partial charge in [-0.1, -0.05) is 42.8 Å². The van der Waals surface area contributed by atoms with Crippen LogP contribution in [0.4, 0.5) is 0 Å². The standard InChI is InChI=1S/C23H26ClN3O/c1-3-23(14-26-15-23)22(28)27-16(2)21(12-17-7-9-20(24)10-8-17)19-6-4-5-18(11-19)13-25/h4-11,16,21,26H,3,12,14-15H2,1-2H3,(H,27,28)/t16-,21+/m0/s1. The van der Waals surface area contributed by atoms with E-state index in [0.29, 0.717) is 10.6 Å². The lowest BCUT2D eigenvalue weighted by Crippen LogP contribution is -2.62. The van der Waals surface area contributed by atoms with Crippen molar-refractivity contribution in [3.05, 3.63) is 70.2 Å². The maximum Gasteiger partial charge on any atom is 0.229 e. The molecule has 2 aromatic rings. The van der Waals surface area contributed by atoms with Crippen LogP contribution in [0.15, 0.2) is 48.5 Å². The molecule has 0 spiro atoms. The molecule has 28 heavy (non-hydrogen) atoms. The van der Waals surface area contributed by atoms with Crippen LogP contribution in [-0.2, 0) is 11.2 Å². The van der Waals surface area contributed by atoms with Gasteiger partial charge in [0.1, 0.15) is 0 Å². The number of carbonyl (C=O) groups excluding carboxylic acids is 1. The molecule has 2 aromatic carbocycles. The van der Waals surface area contributed by atoms with Crippen molar-refractivity contribution in [2.45, 2.75) is 38.6 Å². The summed E-state index contributed by atoms with van der Waals surface area (Å²) < 4.78 is 0. The summed E-state index contributed by atoms with van der Waals surface area (Å²) in [5.74, 6) is 0.166. The van der Waals surface area contributed by atoms with E-state index in [2.05, 4.69) is 23.6 Å². The molecule has 0 unspecified atom stereocenters. The fourth-order valence-electron chi connectivity index (χ4n) is 3.75. The highest BCUT2D eigenvalue weighted by atomic mass is 35.5. The molecule has 0 aliphatic carbocycles. The normalized spacial score (nSPS) is 17.1. The SMILES string of the molecule is CCC1(C(=O)N[C@@H](C)[C@@H](Cc2ccc(Cl)cc2)c2cccc(C#N)c2)CNC1. The van der Waals surface area contributed by atoms with Gasteiger partial charge in [-0.3, -0.25) is 4.79 Å². The first-order valence-electron chi connectivity index (χ1n) is 9.73. The lowest BCUT2D eigenvalue weighted by Gasteiger charge is -2.41. The fourth-order valence-corrected chi connectivity index (χ4v) is 3.88. The van der Waals surface area contributed by atoms with Crippen LogP contribution in [0.2, 0.25) is 5.02 Å². The second-order valence-corrected chi connectivity index (χ2v) is 8.11. The van der Waals surface area contributed by atoms with Gasteiger partial charge in [0, 0.05) is 30.1 Å². The minimum absolute atomic E-state index is 0.0559. The van der Waals surface area contributed by atoms with Gasteiger partial charge in [-0.05, 0) is 55.2 Å². The molecule has 1 amide bonds. The van der Waals surface area contributed by atoms with Crippen LogP contribution in [0.3, 0.4) is 0 Å².